The van der Waals surface area contributed by atoms with Gasteiger partial charge in [0, 0.05) is 36.7 Å². The smallest absolute Gasteiger partial charge is 0.0511 e. The van der Waals surface area contributed by atoms with E-state index in [1.807, 2.05) is 0 Å². The Morgan fingerprint density at radius 1 is 1.21 bits per heavy atom. The van der Waals surface area contributed by atoms with Gasteiger partial charge in [0.2, 0.25) is 0 Å². The van der Waals surface area contributed by atoms with Crippen LogP contribution in [-0.4, -0.2) is 43.7 Å². The molecule has 0 aromatic heterocycles. The molecule has 0 radical (unpaired) electrons. The lowest BCUT2D eigenvalue weighted by Crippen LogP contribution is -2.49. The van der Waals surface area contributed by atoms with Gasteiger partial charge < -0.3 is 10.6 Å². The summed E-state index contributed by atoms with van der Waals surface area (Å²) in [6.45, 7) is 9.75. The van der Waals surface area contributed by atoms with Crippen molar-refractivity contribution in [2.45, 2.75) is 26.3 Å². The van der Waals surface area contributed by atoms with Gasteiger partial charge in [0.15, 0.2) is 0 Å². The third-order valence-corrected chi connectivity index (χ3v) is 4.47. The molecule has 1 aliphatic rings. The minimum absolute atomic E-state index is 0.650. The Morgan fingerprint density at radius 2 is 1.89 bits per heavy atom. The Morgan fingerprint density at radius 3 is 2.42 bits per heavy atom. The van der Waals surface area contributed by atoms with Crippen LogP contribution in [-0.2, 0) is 6.42 Å². The van der Waals surface area contributed by atoms with Crippen molar-refractivity contribution in [1.29, 1.82) is 0 Å². The molecule has 0 aliphatic carbocycles. The van der Waals surface area contributed by atoms with Crippen LogP contribution in [0, 0.1) is 0 Å². The third kappa shape index (κ3) is 3.71. The summed E-state index contributed by atoms with van der Waals surface area (Å²) >= 11 is 3.70. The van der Waals surface area contributed by atoms with Crippen molar-refractivity contribution in [2.24, 2.45) is 5.73 Å². The molecule has 2 rings (SSSR count). The Hall–Kier alpha value is -0.580. The Bertz CT molecular complexity index is 412. The maximum Gasteiger partial charge on any atom is 0.0511 e. The van der Waals surface area contributed by atoms with E-state index in [2.05, 4.69) is 57.8 Å². The molecule has 4 heteroatoms. The molecule has 0 saturated carbocycles. The highest BCUT2D eigenvalue weighted by atomic mass is 79.9. The second-order valence-corrected chi connectivity index (χ2v) is 6.30. The summed E-state index contributed by atoms with van der Waals surface area (Å²) in [7, 11) is 0. The summed E-state index contributed by atoms with van der Waals surface area (Å²) in [4.78, 5) is 5.00. The van der Waals surface area contributed by atoms with Crippen molar-refractivity contribution in [3.63, 3.8) is 0 Å². The molecule has 0 spiro atoms. The van der Waals surface area contributed by atoms with Gasteiger partial charge in [-0.3, -0.25) is 4.90 Å². The van der Waals surface area contributed by atoms with Gasteiger partial charge in [0.1, 0.15) is 0 Å². The molecule has 1 aromatic rings. The minimum atomic E-state index is 0.650. The first-order chi connectivity index (χ1) is 9.11. The predicted molar refractivity (Wildman–Crippen MR) is 85.8 cm³/mol. The topological polar surface area (TPSA) is 32.5 Å². The second-order valence-electron chi connectivity index (χ2n) is 5.44. The van der Waals surface area contributed by atoms with Gasteiger partial charge in [-0.1, -0.05) is 6.07 Å². The summed E-state index contributed by atoms with van der Waals surface area (Å²) in [6, 6.07) is 7.27. The molecule has 1 saturated heterocycles. The van der Waals surface area contributed by atoms with Crippen LogP contribution in [0.3, 0.4) is 0 Å². The lowest BCUT2D eigenvalue weighted by Gasteiger charge is -2.38. The van der Waals surface area contributed by atoms with Crippen LogP contribution < -0.4 is 10.6 Å². The van der Waals surface area contributed by atoms with Gasteiger partial charge in [-0.25, -0.2) is 0 Å². The standard InChI is InChI=1S/C15H24BrN3/c1-12(2)18-7-9-19(10-8-18)15-4-3-13(5-6-17)11-14(15)16/h3-4,11-12H,5-10,17H2,1-2H3. The van der Waals surface area contributed by atoms with Crippen LogP contribution >= 0.6 is 15.9 Å². The minimum Gasteiger partial charge on any atom is -0.368 e. The zero-order valence-electron chi connectivity index (χ0n) is 11.9. The number of hydrogen-bond acceptors (Lipinski definition) is 3. The highest BCUT2D eigenvalue weighted by Crippen LogP contribution is 2.28. The molecule has 106 valence electrons. The molecule has 1 aliphatic heterocycles. The van der Waals surface area contributed by atoms with Crippen LogP contribution in [0.15, 0.2) is 22.7 Å². The number of hydrogen-bond donors (Lipinski definition) is 1. The van der Waals surface area contributed by atoms with Gasteiger partial charge in [0.05, 0.1) is 5.69 Å². The number of nitrogens with zero attached hydrogens (tertiary/aromatic N) is 2. The fourth-order valence-corrected chi connectivity index (χ4v) is 3.29. The average molecular weight is 326 g/mol. The zero-order valence-corrected chi connectivity index (χ0v) is 13.5. The molecular formula is C15H24BrN3. The normalized spacial score (nSPS) is 17.2. The van der Waals surface area contributed by atoms with Crippen LogP contribution in [0.2, 0.25) is 0 Å². The van der Waals surface area contributed by atoms with E-state index in [-0.39, 0.29) is 0 Å². The number of piperazine rings is 1. The summed E-state index contributed by atoms with van der Waals surface area (Å²) in [5.74, 6) is 0. The number of nitrogens with two attached hydrogens (primary N) is 1. The van der Waals surface area contributed by atoms with E-state index in [0.717, 1.165) is 32.6 Å². The molecular weight excluding hydrogens is 302 g/mol. The van der Waals surface area contributed by atoms with Crippen molar-refractivity contribution >= 4 is 21.6 Å². The van der Waals surface area contributed by atoms with Gasteiger partial charge in [-0.2, -0.15) is 0 Å². The van der Waals surface area contributed by atoms with E-state index >= 15 is 0 Å². The van der Waals surface area contributed by atoms with E-state index in [4.69, 9.17) is 5.73 Å². The molecule has 2 N–H and O–H groups in total. The van der Waals surface area contributed by atoms with E-state index in [1.165, 1.54) is 15.7 Å². The molecule has 1 aromatic carbocycles. The van der Waals surface area contributed by atoms with Gasteiger partial charge in [0.25, 0.3) is 0 Å². The first kappa shape index (κ1) is 14.8. The third-order valence-electron chi connectivity index (χ3n) is 3.83. The number of rotatable bonds is 4. The summed E-state index contributed by atoms with van der Waals surface area (Å²) in [6.07, 6.45) is 0.944. The van der Waals surface area contributed by atoms with E-state index in [1.54, 1.807) is 0 Å². The quantitative estimate of drug-likeness (QED) is 0.923. The first-order valence-electron chi connectivity index (χ1n) is 7.09. The maximum absolute atomic E-state index is 5.60. The fourth-order valence-electron chi connectivity index (χ4n) is 2.61. The predicted octanol–water partition coefficient (Wildman–Crippen LogP) is 2.48. The Labute approximate surface area is 124 Å². The zero-order chi connectivity index (χ0) is 13.8. The van der Waals surface area contributed by atoms with Gasteiger partial charge in [-0.15, -0.1) is 0 Å². The maximum atomic E-state index is 5.60. The summed E-state index contributed by atoms with van der Waals surface area (Å²) in [5, 5.41) is 0. The lowest BCUT2D eigenvalue weighted by atomic mass is 10.1. The van der Waals surface area contributed by atoms with Gasteiger partial charge in [-0.05, 0) is 60.4 Å². The number of halogens is 1. The van der Waals surface area contributed by atoms with Crippen molar-refractivity contribution < 1.29 is 0 Å². The second kappa shape index (κ2) is 6.73. The van der Waals surface area contributed by atoms with Crippen molar-refractivity contribution in [1.82, 2.24) is 4.90 Å². The molecule has 3 nitrogen and oxygen atoms in total. The Balaban J connectivity index is 2.03. The van der Waals surface area contributed by atoms with Crippen molar-refractivity contribution in [3.05, 3.63) is 28.2 Å². The fraction of sp³-hybridized carbons (Fsp3) is 0.600. The van der Waals surface area contributed by atoms with Crippen LogP contribution in [0.1, 0.15) is 19.4 Å². The SMILES string of the molecule is CC(C)N1CCN(c2ccc(CCN)cc2Br)CC1. The monoisotopic (exact) mass is 325 g/mol. The summed E-state index contributed by atoms with van der Waals surface area (Å²) < 4.78 is 1.19. The van der Waals surface area contributed by atoms with Crippen molar-refractivity contribution in [3.8, 4) is 0 Å². The number of anilines is 1. The largest absolute Gasteiger partial charge is 0.368 e. The number of benzene rings is 1. The van der Waals surface area contributed by atoms with Crippen molar-refractivity contribution in [2.75, 3.05) is 37.6 Å². The van der Waals surface area contributed by atoms with Crippen LogP contribution in [0.5, 0.6) is 0 Å². The molecule has 1 heterocycles. The highest BCUT2D eigenvalue weighted by Gasteiger charge is 2.20. The first-order valence-corrected chi connectivity index (χ1v) is 7.88. The highest BCUT2D eigenvalue weighted by molar-refractivity contribution is 9.10. The molecule has 19 heavy (non-hydrogen) atoms. The van der Waals surface area contributed by atoms with E-state index in [9.17, 15) is 0 Å². The lowest BCUT2D eigenvalue weighted by molar-refractivity contribution is 0.209. The summed E-state index contributed by atoms with van der Waals surface area (Å²) in [5.41, 5.74) is 8.22. The van der Waals surface area contributed by atoms with E-state index < -0.39 is 0 Å². The van der Waals surface area contributed by atoms with Gasteiger partial charge >= 0.3 is 0 Å². The average Bonchev–Trinajstić information content (AvgIpc) is 2.39. The molecule has 0 amide bonds. The van der Waals surface area contributed by atoms with Crippen LogP contribution in [0.4, 0.5) is 5.69 Å². The van der Waals surface area contributed by atoms with Crippen LogP contribution in [0.25, 0.3) is 0 Å². The Kier molecular flexibility index (Phi) is 5.25. The molecule has 0 bridgehead atoms. The molecule has 0 unspecified atom stereocenters. The van der Waals surface area contributed by atoms with E-state index in [0.29, 0.717) is 12.6 Å². The molecule has 1 fully saturated rings. The molecule has 0 atom stereocenters.